The molecule has 1 aromatic carbocycles. The Kier molecular flexibility index (Phi) is 6.12. The smallest absolute Gasteiger partial charge is 0.125 e. The highest BCUT2D eigenvalue weighted by atomic mass is 16.5. The maximum Gasteiger partial charge on any atom is 0.125 e. The van der Waals surface area contributed by atoms with Crippen LogP contribution in [0.5, 0.6) is 5.75 Å². The van der Waals surface area contributed by atoms with Crippen LogP contribution < -0.4 is 4.74 Å². The molecule has 18 heavy (non-hydrogen) atoms. The first-order chi connectivity index (χ1) is 8.54. The van der Waals surface area contributed by atoms with Crippen molar-refractivity contribution < 1.29 is 19.7 Å². The minimum absolute atomic E-state index is 0.156. The van der Waals surface area contributed by atoms with Gasteiger partial charge < -0.3 is 19.7 Å². The molecule has 0 aliphatic heterocycles. The Bertz CT molecular complexity index is 363. The lowest BCUT2D eigenvalue weighted by molar-refractivity contribution is 0.0158. The fourth-order valence-corrected chi connectivity index (χ4v) is 1.61. The largest absolute Gasteiger partial charge is 0.490 e. The van der Waals surface area contributed by atoms with Crippen molar-refractivity contribution in [1.29, 1.82) is 0 Å². The molecule has 0 aliphatic rings. The summed E-state index contributed by atoms with van der Waals surface area (Å²) in [5.74, 6) is 0.603. The lowest BCUT2D eigenvalue weighted by Crippen LogP contribution is -2.23. The summed E-state index contributed by atoms with van der Waals surface area (Å²) in [7, 11) is 0. The van der Waals surface area contributed by atoms with Gasteiger partial charge in [0.1, 0.15) is 18.5 Å². The van der Waals surface area contributed by atoms with Crippen molar-refractivity contribution in [2.24, 2.45) is 0 Å². The summed E-state index contributed by atoms with van der Waals surface area (Å²) in [6.07, 6.45) is -1.25. The SMILES string of the molecule is CCOCC(O)COc1ccc(C)cc1[C@@H](C)O. The van der Waals surface area contributed by atoms with E-state index in [9.17, 15) is 10.2 Å². The molecule has 0 aliphatic carbocycles. The molecule has 0 spiro atoms. The van der Waals surface area contributed by atoms with Crippen molar-refractivity contribution in [3.63, 3.8) is 0 Å². The van der Waals surface area contributed by atoms with E-state index in [1.807, 2.05) is 32.0 Å². The second-order valence-corrected chi connectivity index (χ2v) is 4.34. The lowest BCUT2D eigenvalue weighted by atomic mass is 10.1. The van der Waals surface area contributed by atoms with E-state index in [0.717, 1.165) is 11.1 Å². The quantitative estimate of drug-likeness (QED) is 0.779. The molecule has 1 unspecified atom stereocenters. The van der Waals surface area contributed by atoms with Gasteiger partial charge in [-0.2, -0.15) is 0 Å². The van der Waals surface area contributed by atoms with Gasteiger partial charge in [0.2, 0.25) is 0 Å². The van der Waals surface area contributed by atoms with Gasteiger partial charge in [-0.3, -0.25) is 0 Å². The summed E-state index contributed by atoms with van der Waals surface area (Å²) in [5, 5.41) is 19.3. The van der Waals surface area contributed by atoms with Crippen LogP contribution in [0.1, 0.15) is 31.1 Å². The van der Waals surface area contributed by atoms with Crippen molar-refractivity contribution in [3.8, 4) is 5.75 Å². The van der Waals surface area contributed by atoms with Crippen LogP contribution in [0.3, 0.4) is 0 Å². The molecule has 0 fully saturated rings. The summed E-state index contributed by atoms with van der Waals surface area (Å²) < 4.78 is 10.6. The van der Waals surface area contributed by atoms with Crippen LogP contribution in [-0.4, -0.2) is 36.1 Å². The highest BCUT2D eigenvalue weighted by molar-refractivity contribution is 5.38. The molecule has 0 saturated carbocycles. The monoisotopic (exact) mass is 254 g/mol. The Labute approximate surface area is 108 Å². The van der Waals surface area contributed by atoms with Crippen molar-refractivity contribution in [3.05, 3.63) is 29.3 Å². The van der Waals surface area contributed by atoms with E-state index in [4.69, 9.17) is 9.47 Å². The van der Waals surface area contributed by atoms with E-state index in [2.05, 4.69) is 0 Å². The highest BCUT2D eigenvalue weighted by Crippen LogP contribution is 2.26. The molecule has 0 aromatic heterocycles. The third-order valence-corrected chi connectivity index (χ3v) is 2.56. The van der Waals surface area contributed by atoms with Crippen molar-refractivity contribution in [2.75, 3.05) is 19.8 Å². The summed E-state index contributed by atoms with van der Waals surface area (Å²) in [6.45, 7) is 6.51. The average molecular weight is 254 g/mol. The Hall–Kier alpha value is -1.10. The molecule has 4 heteroatoms. The third-order valence-electron chi connectivity index (χ3n) is 2.56. The van der Waals surface area contributed by atoms with Crippen LogP contribution in [0.15, 0.2) is 18.2 Å². The van der Waals surface area contributed by atoms with Crippen LogP contribution in [0.4, 0.5) is 0 Å². The number of rotatable bonds is 7. The second kappa shape index (κ2) is 7.36. The molecule has 1 rings (SSSR count). The fourth-order valence-electron chi connectivity index (χ4n) is 1.61. The zero-order chi connectivity index (χ0) is 13.5. The zero-order valence-corrected chi connectivity index (χ0v) is 11.2. The summed E-state index contributed by atoms with van der Waals surface area (Å²) in [5.41, 5.74) is 1.80. The van der Waals surface area contributed by atoms with Gasteiger partial charge in [0.15, 0.2) is 0 Å². The minimum atomic E-state index is -0.659. The Balaban J connectivity index is 2.61. The van der Waals surface area contributed by atoms with Gasteiger partial charge in [0.05, 0.1) is 12.7 Å². The van der Waals surface area contributed by atoms with E-state index >= 15 is 0 Å². The summed E-state index contributed by atoms with van der Waals surface area (Å²) >= 11 is 0. The molecule has 2 N–H and O–H groups in total. The molecule has 1 aromatic rings. The molecule has 102 valence electrons. The Morgan fingerprint density at radius 2 is 1.94 bits per heavy atom. The first-order valence-electron chi connectivity index (χ1n) is 6.21. The lowest BCUT2D eigenvalue weighted by Gasteiger charge is -2.16. The van der Waals surface area contributed by atoms with Crippen molar-refractivity contribution in [1.82, 2.24) is 0 Å². The van der Waals surface area contributed by atoms with Crippen molar-refractivity contribution in [2.45, 2.75) is 33.0 Å². The summed E-state index contributed by atoms with van der Waals surface area (Å²) in [6, 6.07) is 5.61. The van der Waals surface area contributed by atoms with Crippen LogP contribution >= 0.6 is 0 Å². The minimum Gasteiger partial charge on any atom is -0.490 e. The standard InChI is InChI=1S/C14H22O4/c1-4-17-8-12(16)9-18-14-6-5-10(2)7-13(14)11(3)15/h5-7,11-12,15-16H,4,8-9H2,1-3H3/t11-,12?/m1/s1. The van der Waals surface area contributed by atoms with Gasteiger partial charge in [-0.05, 0) is 32.9 Å². The van der Waals surface area contributed by atoms with E-state index in [-0.39, 0.29) is 13.2 Å². The molecule has 2 atom stereocenters. The predicted octanol–water partition coefficient (Wildman–Crippen LogP) is 1.82. The second-order valence-electron chi connectivity index (χ2n) is 4.34. The van der Waals surface area contributed by atoms with Gasteiger partial charge in [-0.1, -0.05) is 11.6 Å². The van der Waals surface area contributed by atoms with Gasteiger partial charge in [0.25, 0.3) is 0 Å². The topological polar surface area (TPSA) is 58.9 Å². The van der Waals surface area contributed by atoms with Crippen LogP contribution in [0.25, 0.3) is 0 Å². The molecule has 0 bridgehead atoms. The van der Waals surface area contributed by atoms with Gasteiger partial charge in [-0.15, -0.1) is 0 Å². The summed E-state index contributed by atoms with van der Waals surface area (Å²) in [4.78, 5) is 0. The normalized spacial score (nSPS) is 14.3. The molecule has 0 heterocycles. The van der Waals surface area contributed by atoms with E-state index < -0.39 is 12.2 Å². The fraction of sp³-hybridized carbons (Fsp3) is 0.571. The van der Waals surface area contributed by atoms with Gasteiger partial charge in [0, 0.05) is 12.2 Å². The number of aryl methyl sites for hydroxylation is 1. The van der Waals surface area contributed by atoms with Crippen LogP contribution in [0.2, 0.25) is 0 Å². The van der Waals surface area contributed by atoms with Gasteiger partial charge >= 0.3 is 0 Å². The van der Waals surface area contributed by atoms with Crippen molar-refractivity contribution >= 4 is 0 Å². The molecule has 0 saturated heterocycles. The predicted molar refractivity (Wildman–Crippen MR) is 69.8 cm³/mol. The number of benzene rings is 1. The zero-order valence-electron chi connectivity index (χ0n) is 11.2. The first kappa shape index (κ1) is 15.0. The number of hydrogen-bond donors (Lipinski definition) is 2. The molecule has 0 amide bonds. The number of aliphatic hydroxyl groups is 2. The maximum absolute atomic E-state index is 9.67. The number of hydrogen-bond acceptors (Lipinski definition) is 4. The average Bonchev–Trinajstić information content (AvgIpc) is 2.34. The number of aliphatic hydroxyl groups excluding tert-OH is 2. The van der Waals surface area contributed by atoms with Crippen LogP contribution in [0, 0.1) is 6.92 Å². The first-order valence-corrected chi connectivity index (χ1v) is 6.21. The van der Waals surface area contributed by atoms with E-state index in [1.54, 1.807) is 6.92 Å². The third kappa shape index (κ3) is 4.64. The van der Waals surface area contributed by atoms with Gasteiger partial charge in [-0.25, -0.2) is 0 Å². The molecular formula is C14H22O4. The molecular weight excluding hydrogens is 232 g/mol. The maximum atomic E-state index is 9.67. The Morgan fingerprint density at radius 1 is 1.22 bits per heavy atom. The number of ether oxygens (including phenoxy) is 2. The molecule has 0 radical (unpaired) electrons. The van der Waals surface area contributed by atoms with E-state index in [1.165, 1.54) is 0 Å². The highest BCUT2D eigenvalue weighted by Gasteiger charge is 2.11. The van der Waals surface area contributed by atoms with E-state index in [0.29, 0.717) is 12.4 Å². The van der Waals surface area contributed by atoms with Crippen LogP contribution in [-0.2, 0) is 4.74 Å². The molecule has 4 nitrogen and oxygen atoms in total. The Morgan fingerprint density at radius 3 is 2.56 bits per heavy atom.